The van der Waals surface area contributed by atoms with Crippen molar-refractivity contribution in [1.82, 2.24) is 10.3 Å². The largest absolute Gasteiger partial charge is 0.307 e. The second-order valence-electron chi connectivity index (χ2n) is 4.39. The molecule has 3 heteroatoms. The summed E-state index contributed by atoms with van der Waals surface area (Å²) in [5.74, 6) is 1.29. The zero-order valence-corrected chi connectivity index (χ0v) is 10.3. The van der Waals surface area contributed by atoms with Crippen LogP contribution in [0.4, 0.5) is 0 Å². The van der Waals surface area contributed by atoms with E-state index in [2.05, 4.69) is 38.0 Å². The van der Waals surface area contributed by atoms with Crippen LogP contribution in [0.25, 0.3) is 0 Å². The number of hydrogen-bond donors (Lipinski definition) is 1. The van der Waals surface area contributed by atoms with E-state index < -0.39 is 0 Å². The standard InChI is InChI=1S/C11H20N2S/c1-8(2)7-13-10(9(3)4)11-12-5-6-14-11/h5-6,8-10,13H,7H2,1-4H3. The zero-order chi connectivity index (χ0) is 10.6. The summed E-state index contributed by atoms with van der Waals surface area (Å²) in [6.07, 6.45) is 1.88. The van der Waals surface area contributed by atoms with Gasteiger partial charge in [-0.15, -0.1) is 11.3 Å². The van der Waals surface area contributed by atoms with Crippen LogP contribution in [0.5, 0.6) is 0 Å². The van der Waals surface area contributed by atoms with Crippen molar-refractivity contribution in [3.8, 4) is 0 Å². The Hall–Kier alpha value is -0.410. The lowest BCUT2D eigenvalue weighted by molar-refractivity contribution is 0.386. The number of nitrogens with one attached hydrogen (secondary N) is 1. The fourth-order valence-electron chi connectivity index (χ4n) is 1.36. The van der Waals surface area contributed by atoms with E-state index in [4.69, 9.17) is 0 Å². The summed E-state index contributed by atoms with van der Waals surface area (Å²) in [6, 6.07) is 0.414. The molecule has 0 amide bonds. The molecular weight excluding hydrogens is 192 g/mol. The van der Waals surface area contributed by atoms with Gasteiger partial charge in [0.25, 0.3) is 0 Å². The first kappa shape index (κ1) is 11.7. The summed E-state index contributed by atoms with van der Waals surface area (Å²) >= 11 is 1.74. The number of nitrogens with zero attached hydrogens (tertiary/aromatic N) is 1. The van der Waals surface area contributed by atoms with Crippen LogP contribution in [-0.4, -0.2) is 11.5 Å². The van der Waals surface area contributed by atoms with Gasteiger partial charge in [0, 0.05) is 11.6 Å². The van der Waals surface area contributed by atoms with Crippen molar-refractivity contribution in [2.45, 2.75) is 33.7 Å². The highest BCUT2D eigenvalue weighted by atomic mass is 32.1. The van der Waals surface area contributed by atoms with Gasteiger partial charge in [-0.25, -0.2) is 4.98 Å². The average molecular weight is 212 g/mol. The van der Waals surface area contributed by atoms with Crippen molar-refractivity contribution < 1.29 is 0 Å². The minimum Gasteiger partial charge on any atom is -0.307 e. The molecule has 0 saturated heterocycles. The predicted molar refractivity (Wildman–Crippen MR) is 62.5 cm³/mol. The summed E-state index contributed by atoms with van der Waals surface area (Å²) < 4.78 is 0. The molecule has 1 heterocycles. The molecule has 14 heavy (non-hydrogen) atoms. The maximum atomic E-state index is 4.37. The van der Waals surface area contributed by atoms with E-state index in [1.54, 1.807) is 11.3 Å². The molecule has 0 aliphatic carbocycles. The molecule has 1 unspecified atom stereocenters. The van der Waals surface area contributed by atoms with Gasteiger partial charge in [-0.05, 0) is 18.4 Å². The molecular formula is C11H20N2S. The summed E-state index contributed by atoms with van der Waals surface area (Å²) in [5, 5.41) is 6.82. The molecule has 2 nitrogen and oxygen atoms in total. The van der Waals surface area contributed by atoms with Gasteiger partial charge in [0.05, 0.1) is 6.04 Å². The Morgan fingerprint density at radius 3 is 2.50 bits per heavy atom. The van der Waals surface area contributed by atoms with Gasteiger partial charge in [-0.3, -0.25) is 0 Å². The molecule has 0 bridgehead atoms. The summed E-state index contributed by atoms with van der Waals surface area (Å²) in [5.41, 5.74) is 0. The van der Waals surface area contributed by atoms with E-state index in [1.165, 1.54) is 5.01 Å². The summed E-state index contributed by atoms with van der Waals surface area (Å²) in [7, 11) is 0. The molecule has 80 valence electrons. The van der Waals surface area contributed by atoms with Crippen LogP contribution in [0.1, 0.15) is 38.7 Å². The highest BCUT2D eigenvalue weighted by molar-refractivity contribution is 7.09. The Morgan fingerprint density at radius 2 is 2.07 bits per heavy atom. The molecule has 1 aromatic rings. The second kappa shape index (κ2) is 5.47. The number of rotatable bonds is 5. The first-order chi connectivity index (χ1) is 6.61. The molecule has 0 spiro atoms. The quantitative estimate of drug-likeness (QED) is 0.811. The summed E-state index contributed by atoms with van der Waals surface area (Å²) in [4.78, 5) is 4.37. The molecule has 0 aliphatic heterocycles. The zero-order valence-electron chi connectivity index (χ0n) is 9.45. The van der Waals surface area contributed by atoms with Crippen LogP contribution in [0, 0.1) is 11.8 Å². The minimum absolute atomic E-state index is 0.414. The van der Waals surface area contributed by atoms with Crippen molar-refractivity contribution in [3.05, 3.63) is 16.6 Å². The molecule has 1 aromatic heterocycles. The van der Waals surface area contributed by atoms with E-state index in [0.29, 0.717) is 17.9 Å². The van der Waals surface area contributed by atoms with E-state index in [-0.39, 0.29) is 0 Å². The van der Waals surface area contributed by atoms with Crippen molar-refractivity contribution in [2.24, 2.45) is 11.8 Å². The molecule has 0 radical (unpaired) electrons. The predicted octanol–water partition coefficient (Wildman–Crippen LogP) is 3.09. The minimum atomic E-state index is 0.414. The average Bonchev–Trinajstić information content (AvgIpc) is 2.56. The third-order valence-electron chi connectivity index (χ3n) is 2.13. The Balaban J connectivity index is 2.57. The molecule has 0 fully saturated rings. The van der Waals surface area contributed by atoms with Gasteiger partial charge in [0.15, 0.2) is 0 Å². The van der Waals surface area contributed by atoms with Gasteiger partial charge in [0.1, 0.15) is 5.01 Å². The fraction of sp³-hybridized carbons (Fsp3) is 0.727. The van der Waals surface area contributed by atoms with Gasteiger partial charge < -0.3 is 5.32 Å². The van der Waals surface area contributed by atoms with E-state index >= 15 is 0 Å². The van der Waals surface area contributed by atoms with Crippen molar-refractivity contribution in [3.63, 3.8) is 0 Å². The van der Waals surface area contributed by atoms with Crippen molar-refractivity contribution >= 4 is 11.3 Å². The normalized spacial score (nSPS) is 13.9. The Bertz CT molecular complexity index is 242. The maximum absolute atomic E-state index is 4.37. The van der Waals surface area contributed by atoms with E-state index in [1.807, 2.05) is 11.6 Å². The van der Waals surface area contributed by atoms with Crippen LogP contribution in [0.15, 0.2) is 11.6 Å². The van der Waals surface area contributed by atoms with Gasteiger partial charge in [-0.2, -0.15) is 0 Å². The van der Waals surface area contributed by atoms with Gasteiger partial charge in [0.2, 0.25) is 0 Å². The van der Waals surface area contributed by atoms with Crippen LogP contribution in [0.3, 0.4) is 0 Å². The molecule has 0 saturated carbocycles. The molecule has 1 rings (SSSR count). The third-order valence-corrected chi connectivity index (χ3v) is 2.99. The lowest BCUT2D eigenvalue weighted by atomic mass is 10.0. The SMILES string of the molecule is CC(C)CNC(c1nccs1)C(C)C. The molecule has 0 aromatic carbocycles. The second-order valence-corrected chi connectivity index (χ2v) is 5.32. The van der Waals surface area contributed by atoms with Crippen LogP contribution < -0.4 is 5.32 Å². The molecule has 1 atom stereocenters. The lowest BCUT2D eigenvalue weighted by Crippen LogP contribution is -2.28. The number of thiazole rings is 1. The first-order valence-corrected chi connectivity index (χ1v) is 6.12. The third kappa shape index (κ3) is 3.39. The maximum Gasteiger partial charge on any atom is 0.110 e. The Kier molecular flexibility index (Phi) is 4.55. The van der Waals surface area contributed by atoms with Crippen molar-refractivity contribution in [2.75, 3.05) is 6.54 Å². The fourth-order valence-corrected chi connectivity index (χ4v) is 2.24. The van der Waals surface area contributed by atoms with Crippen LogP contribution >= 0.6 is 11.3 Å². The number of aromatic nitrogens is 1. The van der Waals surface area contributed by atoms with Crippen LogP contribution in [0.2, 0.25) is 0 Å². The van der Waals surface area contributed by atoms with Gasteiger partial charge >= 0.3 is 0 Å². The Morgan fingerprint density at radius 1 is 1.36 bits per heavy atom. The summed E-state index contributed by atoms with van der Waals surface area (Å²) in [6.45, 7) is 9.99. The molecule has 0 aliphatic rings. The van der Waals surface area contributed by atoms with E-state index in [0.717, 1.165) is 6.54 Å². The smallest absolute Gasteiger partial charge is 0.110 e. The lowest BCUT2D eigenvalue weighted by Gasteiger charge is -2.21. The highest BCUT2D eigenvalue weighted by Crippen LogP contribution is 2.23. The first-order valence-electron chi connectivity index (χ1n) is 5.24. The topological polar surface area (TPSA) is 24.9 Å². The monoisotopic (exact) mass is 212 g/mol. The molecule has 1 N–H and O–H groups in total. The van der Waals surface area contributed by atoms with Crippen LogP contribution in [-0.2, 0) is 0 Å². The van der Waals surface area contributed by atoms with E-state index in [9.17, 15) is 0 Å². The highest BCUT2D eigenvalue weighted by Gasteiger charge is 2.17. The Labute approximate surface area is 90.8 Å². The van der Waals surface area contributed by atoms with Gasteiger partial charge in [-0.1, -0.05) is 27.7 Å². The number of hydrogen-bond acceptors (Lipinski definition) is 3. The van der Waals surface area contributed by atoms with Crippen molar-refractivity contribution in [1.29, 1.82) is 0 Å².